The molecule has 1 rings (SSSR count). The Morgan fingerprint density at radius 2 is 1.28 bits per heavy atom. The van der Waals surface area contributed by atoms with Gasteiger partial charge in [-0.3, -0.25) is 0 Å². The minimum atomic E-state index is -1.05. The molecule has 1 aromatic rings. The minimum absolute atomic E-state index is 0.0533. The highest BCUT2D eigenvalue weighted by atomic mass is 79.9. The van der Waals surface area contributed by atoms with Crippen molar-refractivity contribution in [3.63, 3.8) is 0 Å². The van der Waals surface area contributed by atoms with E-state index in [2.05, 4.69) is 102 Å². The van der Waals surface area contributed by atoms with E-state index in [9.17, 15) is 4.79 Å². The van der Waals surface area contributed by atoms with Crippen LogP contribution in [0.1, 0.15) is 10.4 Å². The molecular formula is C10H4Br6O2. The van der Waals surface area contributed by atoms with Gasteiger partial charge in [0, 0.05) is 33.5 Å². The lowest BCUT2D eigenvalue weighted by atomic mass is 10.1. The topological polar surface area (TPSA) is 37.3 Å². The summed E-state index contributed by atoms with van der Waals surface area (Å²) in [6.07, 6.45) is 0. The Balaban J connectivity index is 3.51. The molecule has 1 aromatic carbocycles. The summed E-state index contributed by atoms with van der Waals surface area (Å²) in [5.41, 5.74) is 0.793. The molecule has 98 valence electrons. The van der Waals surface area contributed by atoms with E-state index in [0.717, 1.165) is 27.9 Å². The molecule has 0 fully saturated rings. The first-order valence-electron chi connectivity index (χ1n) is 4.27. The highest BCUT2D eigenvalue weighted by Gasteiger charge is 2.26. The molecule has 0 amide bonds. The SMILES string of the molecule is C=C(C(=O)O)C(Br)c1c(Br)c(Br)c(Br)c(Br)c1Br. The van der Waals surface area contributed by atoms with Crippen LogP contribution in [-0.2, 0) is 4.79 Å². The number of aliphatic carboxylic acids is 1. The maximum atomic E-state index is 11.0. The number of rotatable bonds is 3. The number of hydrogen-bond donors (Lipinski definition) is 1. The van der Waals surface area contributed by atoms with E-state index in [1.165, 1.54) is 0 Å². The maximum absolute atomic E-state index is 11.0. The van der Waals surface area contributed by atoms with Crippen LogP contribution in [-0.4, -0.2) is 11.1 Å². The van der Waals surface area contributed by atoms with Crippen LogP contribution in [0.3, 0.4) is 0 Å². The second kappa shape index (κ2) is 6.85. The van der Waals surface area contributed by atoms with Crippen LogP contribution in [0.15, 0.2) is 34.5 Å². The molecule has 0 bridgehead atoms. The summed E-state index contributed by atoms with van der Waals surface area (Å²) in [5, 5.41) is 9.00. The van der Waals surface area contributed by atoms with Crippen LogP contribution in [0.2, 0.25) is 0 Å². The summed E-state index contributed by atoms with van der Waals surface area (Å²) in [4.78, 5) is 10.5. The molecule has 0 heterocycles. The molecule has 18 heavy (non-hydrogen) atoms. The lowest BCUT2D eigenvalue weighted by Gasteiger charge is -2.18. The normalized spacial score (nSPS) is 12.3. The van der Waals surface area contributed by atoms with Gasteiger partial charge < -0.3 is 5.11 Å². The van der Waals surface area contributed by atoms with Gasteiger partial charge in [0.05, 0.1) is 4.83 Å². The molecule has 1 N–H and O–H groups in total. The Morgan fingerprint density at radius 1 is 0.944 bits per heavy atom. The number of carboxylic acids is 1. The third kappa shape index (κ3) is 3.31. The van der Waals surface area contributed by atoms with Crippen molar-refractivity contribution in [2.24, 2.45) is 0 Å². The zero-order valence-corrected chi connectivity index (χ0v) is 17.9. The van der Waals surface area contributed by atoms with Crippen LogP contribution < -0.4 is 0 Å². The van der Waals surface area contributed by atoms with Crippen molar-refractivity contribution < 1.29 is 9.90 Å². The van der Waals surface area contributed by atoms with E-state index in [0.29, 0.717) is 0 Å². The molecular weight excluding hydrogens is 632 g/mol. The van der Waals surface area contributed by atoms with Crippen molar-refractivity contribution in [1.82, 2.24) is 0 Å². The van der Waals surface area contributed by atoms with E-state index in [1.807, 2.05) is 0 Å². The quantitative estimate of drug-likeness (QED) is 0.177. The van der Waals surface area contributed by atoms with Gasteiger partial charge in [0.1, 0.15) is 0 Å². The molecule has 0 radical (unpaired) electrons. The van der Waals surface area contributed by atoms with Gasteiger partial charge in [-0.25, -0.2) is 4.79 Å². The monoisotopic (exact) mass is 630 g/mol. The molecule has 0 aliphatic heterocycles. The molecule has 1 unspecified atom stereocenters. The Morgan fingerprint density at radius 3 is 1.61 bits per heavy atom. The van der Waals surface area contributed by atoms with E-state index in [4.69, 9.17) is 5.11 Å². The standard InChI is InChI=1S/C10H4Br6O2/c1-2(10(17)18)4(11)3-5(12)7(14)9(16)8(15)6(3)13/h4H,1H2,(H,17,18). The summed E-state index contributed by atoms with van der Waals surface area (Å²) in [6, 6.07) is 0. The molecule has 0 aliphatic carbocycles. The number of carboxylic acid groups (broad SMARTS) is 1. The summed E-state index contributed by atoms with van der Waals surface area (Å²) < 4.78 is 3.89. The summed E-state index contributed by atoms with van der Waals surface area (Å²) in [5.74, 6) is -1.05. The minimum Gasteiger partial charge on any atom is -0.478 e. The first-order valence-corrected chi connectivity index (χ1v) is 9.15. The fourth-order valence-electron chi connectivity index (χ4n) is 1.13. The Labute approximate surface area is 154 Å². The van der Waals surface area contributed by atoms with Crippen molar-refractivity contribution in [3.05, 3.63) is 40.1 Å². The smallest absolute Gasteiger partial charge is 0.332 e. The summed E-state index contributed by atoms with van der Waals surface area (Å²) >= 11 is 20.5. The number of hydrogen-bond acceptors (Lipinski definition) is 1. The van der Waals surface area contributed by atoms with Crippen molar-refractivity contribution in [2.45, 2.75) is 4.83 Å². The first kappa shape index (κ1) is 17.4. The zero-order valence-electron chi connectivity index (χ0n) is 8.41. The van der Waals surface area contributed by atoms with Crippen molar-refractivity contribution >= 4 is 102 Å². The molecule has 1 atom stereocenters. The van der Waals surface area contributed by atoms with Gasteiger partial charge in [-0.2, -0.15) is 0 Å². The summed E-state index contributed by atoms with van der Waals surface area (Å²) in [7, 11) is 0. The fraction of sp³-hybridized carbons (Fsp3) is 0.100. The van der Waals surface area contributed by atoms with E-state index >= 15 is 0 Å². The number of alkyl halides is 1. The molecule has 0 saturated carbocycles. The average Bonchev–Trinajstić information content (AvgIpc) is 2.32. The van der Waals surface area contributed by atoms with Crippen LogP contribution in [0.25, 0.3) is 0 Å². The van der Waals surface area contributed by atoms with E-state index < -0.39 is 10.8 Å². The number of halogens is 6. The molecule has 2 nitrogen and oxygen atoms in total. The second-order valence-corrected chi connectivity index (χ2v) is 8.06. The van der Waals surface area contributed by atoms with Crippen LogP contribution in [0.5, 0.6) is 0 Å². The van der Waals surface area contributed by atoms with Gasteiger partial charge in [0.25, 0.3) is 0 Å². The molecule has 0 saturated heterocycles. The summed E-state index contributed by atoms with van der Waals surface area (Å²) in [6.45, 7) is 3.56. The van der Waals surface area contributed by atoms with Crippen molar-refractivity contribution in [1.29, 1.82) is 0 Å². The zero-order chi connectivity index (χ0) is 14.2. The Hall–Kier alpha value is 1.31. The molecule has 8 heteroatoms. The lowest BCUT2D eigenvalue weighted by Crippen LogP contribution is -2.07. The number of carbonyl (C=O) groups is 1. The third-order valence-electron chi connectivity index (χ3n) is 2.08. The lowest BCUT2D eigenvalue weighted by molar-refractivity contribution is -0.132. The predicted octanol–water partition coefficient (Wildman–Crippen LogP) is 6.58. The van der Waals surface area contributed by atoms with Crippen LogP contribution in [0.4, 0.5) is 0 Å². The predicted molar refractivity (Wildman–Crippen MR) is 93.4 cm³/mol. The largest absolute Gasteiger partial charge is 0.478 e. The Kier molecular flexibility index (Phi) is 6.60. The van der Waals surface area contributed by atoms with Gasteiger partial charge >= 0.3 is 5.97 Å². The second-order valence-electron chi connectivity index (χ2n) is 3.18. The highest BCUT2D eigenvalue weighted by molar-refractivity contribution is 9.15. The molecule has 0 aromatic heterocycles. The fourth-order valence-corrected chi connectivity index (χ4v) is 5.93. The maximum Gasteiger partial charge on any atom is 0.332 e. The van der Waals surface area contributed by atoms with Gasteiger partial charge in [-0.1, -0.05) is 22.5 Å². The van der Waals surface area contributed by atoms with Gasteiger partial charge in [-0.05, 0) is 79.6 Å². The van der Waals surface area contributed by atoms with Crippen molar-refractivity contribution in [2.75, 3.05) is 0 Å². The van der Waals surface area contributed by atoms with Crippen molar-refractivity contribution in [3.8, 4) is 0 Å². The van der Waals surface area contributed by atoms with E-state index in [-0.39, 0.29) is 5.57 Å². The first-order chi connectivity index (χ1) is 8.20. The molecule has 0 aliphatic rings. The Bertz CT molecular complexity index is 511. The van der Waals surface area contributed by atoms with E-state index in [1.54, 1.807) is 0 Å². The average molecular weight is 636 g/mol. The third-order valence-corrected chi connectivity index (χ3v) is 9.24. The van der Waals surface area contributed by atoms with Crippen LogP contribution >= 0.6 is 95.6 Å². The van der Waals surface area contributed by atoms with Gasteiger partial charge in [-0.15, -0.1) is 0 Å². The molecule has 0 spiro atoms. The van der Waals surface area contributed by atoms with Gasteiger partial charge in [0.2, 0.25) is 0 Å². The van der Waals surface area contributed by atoms with Gasteiger partial charge in [0.15, 0.2) is 0 Å². The van der Waals surface area contributed by atoms with Crippen LogP contribution in [0, 0.1) is 0 Å². The highest BCUT2D eigenvalue weighted by Crippen LogP contribution is 2.49. The number of benzene rings is 1.